The van der Waals surface area contributed by atoms with E-state index in [2.05, 4.69) is 16.3 Å². The number of Topliss-reactive ketones (excluding diaryl/α,β-unsaturated/α-hetero) is 1. The first-order valence-electron chi connectivity index (χ1n) is 9.46. The molecule has 1 aromatic heterocycles. The maximum absolute atomic E-state index is 15.0. The summed E-state index contributed by atoms with van der Waals surface area (Å²) < 4.78 is 15.7. The van der Waals surface area contributed by atoms with Gasteiger partial charge in [-0.2, -0.15) is 5.26 Å². The van der Waals surface area contributed by atoms with Crippen LogP contribution in [0.1, 0.15) is 38.2 Å². The molecule has 1 aromatic carbocycles. The van der Waals surface area contributed by atoms with Crippen LogP contribution in [0.25, 0.3) is 0 Å². The highest BCUT2D eigenvalue weighted by molar-refractivity contribution is 8.00. The molecule has 4 rings (SSSR count). The number of anilines is 1. The van der Waals surface area contributed by atoms with Crippen molar-refractivity contribution in [3.63, 3.8) is 0 Å². The monoisotopic (exact) mass is 475 g/mol. The molecule has 2 aromatic rings. The first-order valence-corrected chi connectivity index (χ1v) is 11.9. The minimum atomic E-state index is -0.971. The third-order valence-electron chi connectivity index (χ3n) is 5.43. The Labute approximate surface area is 192 Å². The zero-order valence-corrected chi connectivity index (χ0v) is 19.5. The third kappa shape index (κ3) is 3.63. The van der Waals surface area contributed by atoms with Gasteiger partial charge in [0.25, 0.3) is 0 Å². The number of nitriles is 1. The van der Waals surface area contributed by atoms with E-state index in [1.807, 2.05) is 20.1 Å². The highest BCUT2D eigenvalue weighted by Crippen LogP contribution is 2.51. The minimum absolute atomic E-state index is 0.0692. The predicted molar refractivity (Wildman–Crippen MR) is 120 cm³/mol. The number of thioether (sulfide) groups is 1. The van der Waals surface area contributed by atoms with Crippen molar-refractivity contribution < 1.29 is 9.18 Å². The standard InChI is InChI=1S/C21H19ClFN5OS2/c1-21(2)7-13-17(14(29)8-21)15(16-11(22)5-4-6-12(16)23)10(9-24)18(25)28(13)19-26-27-20(30-3)31-19/h4-6,15H,7-8,25H2,1-3H3. The van der Waals surface area contributed by atoms with E-state index in [0.717, 1.165) is 4.34 Å². The third-order valence-corrected chi connectivity index (χ3v) is 7.64. The van der Waals surface area contributed by atoms with Crippen molar-refractivity contribution in [3.05, 3.63) is 57.3 Å². The quantitative estimate of drug-likeness (QED) is 0.624. The molecule has 160 valence electrons. The van der Waals surface area contributed by atoms with Crippen molar-refractivity contribution >= 4 is 45.6 Å². The molecule has 2 N–H and O–H groups in total. The first-order chi connectivity index (χ1) is 14.7. The topological polar surface area (TPSA) is 95.9 Å². The second-order valence-electron chi connectivity index (χ2n) is 8.17. The van der Waals surface area contributed by atoms with Gasteiger partial charge in [-0.05, 0) is 30.2 Å². The van der Waals surface area contributed by atoms with Crippen molar-refractivity contribution in [1.82, 2.24) is 10.2 Å². The Morgan fingerprint density at radius 3 is 2.74 bits per heavy atom. The van der Waals surface area contributed by atoms with Crippen LogP contribution in [0.5, 0.6) is 0 Å². The Morgan fingerprint density at radius 1 is 1.39 bits per heavy atom. The summed E-state index contributed by atoms with van der Waals surface area (Å²) in [5.74, 6) is -1.60. The number of carbonyl (C=O) groups is 1. The lowest BCUT2D eigenvalue weighted by Gasteiger charge is -2.42. The van der Waals surface area contributed by atoms with Gasteiger partial charge in [-0.3, -0.25) is 9.69 Å². The van der Waals surface area contributed by atoms with E-state index in [1.54, 1.807) is 11.0 Å². The van der Waals surface area contributed by atoms with E-state index in [1.165, 1.54) is 35.2 Å². The summed E-state index contributed by atoms with van der Waals surface area (Å²) in [7, 11) is 0. The van der Waals surface area contributed by atoms with Crippen LogP contribution < -0.4 is 10.6 Å². The lowest BCUT2D eigenvalue weighted by molar-refractivity contribution is -0.118. The summed E-state index contributed by atoms with van der Waals surface area (Å²) in [5.41, 5.74) is 7.27. The molecule has 0 fully saturated rings. The van der Waals surface area contributed by atoms with Crippen LogP contribution in [0.2, 0.25) is 5.02 Å². The van der Waals surface area contributed by atoms with Crippen LogP contribution in [0, 0.1) is 22.6 Å². The maximum Gasteiger partial charge on any atom is 0.219 e. The van der Waals surface area contributed by atoms with Gasteiger partial charge in [0, 0.05) is 28.3 Å². The fraction of sp³-hybridized carbons (Fsp3) is 0.333. The van der Waals surface area contributed by atoms with Gasteiger partial charge in [-0.15, -0.1) is 10.2 Å². The van der Waals surface area contributed by atoms with Gasteiger partial charge in [-0.1, -0.05) is 54.6 Å². The van der Waals surface area contributed by atoms with Crippen LogP contribution in [0.3, 0.4) is 0 Å². The molecule has 2 aliphatic rings. The lowest BCUT2D eigenvalue weighted by atomic mass is 9.68. The largest absolute Gasteiger partial charge is 0.384 e. The molecule has 1 aliphatic heterocycles. The Bertz CT molecular complexity index is 1180. The summed E-state index contributed by atoms with van der Waals surface area (Å²) >= 11 is 9.11. The predicted octanol–water partition coefficient (Wildman–Crippen LogP) is 4.99. The van der Waals surface area contributed by atoms with E-state index in [0.29, 0.717) is 22.8 Å². The minimum Gasteiger partial charge on any atom is -0.384 e. The van der Waals surface area contributed by atoms with E-state index in [-0.39, 0.29) is 39.6 Å². The fourth-order valence-electron chi connectivity index (χ4n) is 4.18. The number of hydrogen-bond acceptors (Lipinski definition) is 8. The molecular weight excluding hydrogens is 457 g/mol. The van der Waals surface area contributed by atoms with Gasteiger partial charge in [0.2, 0.25) is 5.13 Å². The Hall–Kier alpha value is -2.41. The highest BCUT2D eigenvalue weighted by Gasteiger charge is 2.46. The van der Waals surface area contributed by atoms with Gasteiger partial charge in [0.15, 0.2) is 10.1 Å². The van der Waals surface area contributed by atoms with E-state index in [4.69, 9.17) is 17.3 Å². The summed E-state index contributed by atoms with van der Waals surface area (Å²) in [6, 6.07) is 6.41. The number of aromatic nitrogens is 2. The fourth-order valence-corrected chi connectivity index (χ4v) is 5.75. The number of allylic oxidation sites excluding steroid dienone is 3. The van der Waals surface area contributed by atoms with E-state index < -0.39 is 11.7 Å². The summed E-state index contributed by atoms with van der Waals surface area (Å²) in [5, 5.41) is 19.0. The van der Waals surface area contributed by atoms with Crippen molar-refractivity contribution in [2.45, 2.75) is 36.9 Å². The average molecular weight is 476 g/mol. The van der Waals surface area contributed by atoms with Crippen LogP contribution in [-0.2, 0) is 4.79 Å². The van der Waals surface area contributed by atoms with Crippen molar-refractivity contribution in [2.75, 3.05) is 11.2 Å². The van der Waals surface area contributed by atoms with Crippen molar-refractivity contribution in [1.29, 1.82) is 5.26 Å². The van der Waals surface area contributed by atoms with Crippen LogP contribution in [0.15, 0.2) is 45.2 Å². The van der Waals surface area contributed by atoms with Gasteiger partial charge in [0.1, 0.15) is 11.6 Å². The molecule has 10 heteroatoms. The number of benzene rings is 1. The van der Waals surface area contributed by atoms with Gasteiger partial charge >= 0.3 is 0 Å². The molecule has 0 radical (unpaired) electrons. The number of halogens is 2. The molecule has 2 heterocycles. The van der Waals surface area contributed by atoms with E-state index >= 15 is 0 Å². The average Bonchev–Trinajstić information content (AvgIpc) is 3.15. The Morgan fingerprint density at radius 2 is 2.13 bits per heavy atom. The zero-order valence-electron chi connectivity index (χ0n) is 17.1. The number of carbonyl (C=O) groups excluding carboxylic acids is 1. The summed E-state index contributed by atoms with van der Waals surface area (Å²) in [6.07, 6.45) is 2.66. The number of rotatable bonds is 3. The second-order valence-corrected chi connectivity index (χ2v) is 10.6. The molecule has 6 nitrogen and oxygen atoms in total. The molecule has 0 saturated heterocycles. The van der Waals surface area contributed by atoms with Crippen molar-refractivity contribution in [2.24, 2.45) is 11.1 Å². The van der Waals surface area contributed by atoms with Crippen LogP contribution in [0.4, 0.5) is 9.52 Å². The smallest absolute Gasteiger partial charge is 0.219 e. The maximum atomic E-state index is 15.0. The number of hydrogen-bond donors (Lipinski definition) is 1. The molecule has 0 saturated carbocycles. The SMILES string of the molecule is CSc1nnc(N2C(N)=C(C#N)C(c3c(F)cccc3Cl)C3=C2CC(C)(C)CC3=O)s1. The number of nitrogens with zero attached hydrogens (tertiary/aromatic N) is 4. The van der Waals surface area contributed by atoms with Gasteiger partial charge in [-0.25, -0.2) is 4.39 Å². The first kappa shape index (κ1) is 21.8. The lowest BCUT2D eigenvalue weighted by Crippen LogP contribution is -2.42. The van der Waals surface area contributed by atoms with Crippen LogP contribution in [-0.4, -0.2) is 22.2 Å². The Balaban J connectivity index is 2.03. The van der Waals surface area contributed by atoms with Gasteiger partial charge in [0.05, 0.1) is 17.6 Å². The molecule has 1 unspecified atom stereocenters. The molecule has 31 heavy (non-hydrogen) atoms. The van der Waals surface area contributed by atoms with Crippen molar-refractivity contribution in [3.8, 4) is 6.07 Å². The molecule has 0 amide bonds. The summed E-state index contributed by atoms with van der Waals surface area (Å²) in [6.45, 7) is 3.98. The van der Waals surface area contributed by atoms with Gasteiger partial charge < -0.3 is 5.73 Å². The molecular formula is C21H19ClFN5OS2. The normalized spacial score (nSPS) is 20.7. The summed E-state index contributed by atoms with van der Waals surface area (Å²) in [4.78, 5) is 15.0. The zero-order chi connectivity index (χ0) is 22.5. The Kier molecular flexibility index (Phi) is 5.58. The number of ketones is 1. The molecule has 1 atom stereocenters. The number of nitrogens with two attached hydrogens (primary N) is 1. The molecule has 0 spiro atoms. The van der Waals surface area contributed by atoms with Crippen LogP contribution >= 0.6 is 34.7 Å². The molecule has 0 bridgehead atoms. The highest BCUT2D eigenvalue weighted by atomic mass is 35.5. The second kappa shape index (κ2) is 7.93. The molecule has 1 aliphatic carbocycles. The van der Waals surface area contributed by atoms with E-state index in [9.17, 15) is 14.4 Å².